The Balaban J connectivity index is 0.000000151. The van der Waals surface area contributed by atoms with Crippen molar-refractivity contribution in [1.82, 2.24) is 19.1 Å². The molecule has 0 saturated carbocycles. The molecule has 7 nitrogen and oxygen atoms in total. The van der Waals surface area contributed by atoms with E-state index in [4.69, 9.17) is 9.90 Å². The molecule has 4 aromatic heterocycles. The maximum Gasteiger partial charge on any atom is 0.145 e. The van der Waals surface area contributed by atoms with Gasteiger partial charge in [0, 0.05) is 56.7 Å². The van der Waals surface area contributed by atoms with Crippen molar-refractivity contribution in [2.24, 2.45) is 4.30 Å². The van der Waals surface area contributed by atoms with Gasteiger partial charge < -0.3 is 5.11 Å². The van der Waals surface area contributed by atoms with E-state index in [2.05, 4.69) is 163 Å². The van der Waals surface area contributed by atoms with Gasteiger partial charge in [-0.1, -0.05) is 70.5 Å². The Kier molecular flexibility index (Phi) is 10.8. The normalized spacial score (nSPS) is 10.3. The molecule has 10 heteroatoms. The van der Waals surface area contributed by atoms with Gasteiger partial charge in [-0.15, -0.1) is 0 Å². The fourth-order valence-electron chi connectivity index (χ4n) is 5.29. The second-order valence-corrected chi connectivity index (χ2v) is 11.1. The number of pyridine rings is 2. The predicted molar refractivity (Wildman–Crippen MR) is 195 cm³/mol. The van der Waals surface area contributed by atoms with Crippen molar-refractivity contribution < 1.29 is 9.90 Å². The van der Waals surface area contributed by atoms with Gasteiger partial charge in [-0.25, -0.2) is 9.97 Å². The molecule has 46 heavy (non-hydrogen) atoms. The number of carboxylic acid groups (broad SMARTS) is 1. The number of fused-ring (bicyclic) bond motifs is 6. The third kappa shape index (κ3) is 7.09. The van der Waals surface area contributed by atoms with E-state index in [1.165, 1.54) is 32.6 Å². The third-order valence-electron chi connectivity index (χ3n) is 6.95. The average molecular weight is 685 g/mol. The Labute approximate surface area is 281 Å². The molecule has 225 valence electrons. The van der Waals surface area contributed by atoms with Crippen LogP contribution in [-0.4, -0.2) is 37.8 Å². The zero-order valence-corrected chi connectivity index (χ0v) is 27.3. The molecule has 1 radical (unpaired) electrons. The van der Waals surface area contributed by atoms with E-state index < -0.39 is 5.97 Å². The number of para-hydroxylation sites is 3. The maximum absolute atomic E-state index is 9.00. The zero-order valence-electron chi connectivity index (χ0n) is 24.8. The molecule has 4 heterocycles. The number of halogens is 1. The molecular formula is C36H28BBrN5O2S. The molecule has 8 aromatic rings. The summed E-state index contributed by atoms with van der Waals surface area (Å²) in [6.45, 7) is 1.08. The van der Waals surface area contributed by atoms with Crippen molar-refractivity contribution in [3.63, 3.8) is 0 Å². The minimum absolute atomic E-state index is 0.833. The number of carboxylic acids is 1. The number of aromatic nitrogens is 4. The molecule has 0 aliphatic carbocycles. The number of aliphatic carboxylic acids is 1. The van der Waals surface area contributed by atoms with E-state index >= 15 is 0 Å². The van der Waals surface area contributed by atoms with Crippen LogP contribution in [0.3, 0.4) is 0 Å². The molecule has 0 fully saturated rings. The number of thiol groups is 1. The molecular weight excluding hydrogens is 657 g/mol. The Hall–Kier alpha value is -5.06. The van der Waals surface area contributed by atoms with Crippen molar-refractivity contribution in [2.75, 3.05) is 0 Å². The van der Waals surface area contributed by atoms with E-state index in [1.54, 1.807) is 0 Å². The monoisotopic (exact) mass is 684 g/mol. The predicted octanol–water partition coefficient (Wildman–Crippen LogP) is 9.39. The molecule has 0 aliphatic rings. The summed E-state index contributed by atoms with van der Waals surface area (Å²) in [6, 6.07) is 43.7. The van der Waals surface area contributed by atoms with Crippen molar-refractivity contribution >= 4 is 86.2 Å². The van der Waals surface area contributed by atoms with Crippen LogP contribution in [0.15, 0.2) is 149 Å². The van der Waals surface area contributed by atoms with Gasteiger partial charge in [0.1, 0.15) is 11.3 Å². The summed E-state index contributed by atoms with van der Waals surface area (Å²) in [5.41, 5.74) is 6.65. The van der Waals surface area contributed by atoms with Gasteiger partial charge >= 0.3 is 24.8 Å². The standard InChI is InChI=1S/C17H11BrN2.C17H12N2.C2H4O2.BHNS/c18-12-8-9-16-15(11-12)14-7-4-10-19-17(14)20(16)13-5-2-1-3-6-13;1-2-7-13(8-3-1)19-16-11-5-4-9-14(16)15-10-6-12-18-17(15)19;1-2(3)4;1-2-3/h1-11H;1-12H;1H3,(H,3,4);3H. The molecule has 0 aliphatic heterocycles. The molecule has 0 spiro atoms. The Morgan fingerprint density at radius 1 is 0.674 bits per heavy atom. The topological polar surface area (TPSA) is 85.3 Å². The number of carbonyl (C=O) groups is 1. The summed E-state index contributed by atoms with van der Waals surface area (Å²) in [4.78, 5) is 18.1. The second kappa shape index (κ2) is 15.3. The van der Waals surface area contributed by atoms with E-state index in [1.807, 2.05) is 36.7 Å². The number of hydrogen-bond acceptors (Lipinski definition) is 5. The van der Waals surface area contributed by atoms with Crippen LogP contribution in [0, 0.1) is 0 Å². The Bertz CT molecular complexity index is 2200. The first-order chi connectivity index (χ1) is 22.4. The Morgan fingerprint density at radius 3 is 1.61 bits per heavy atom. The van der Waals surface area contributed by atoms with Crippen molar-refractivity contribution in [2.45, 2.75) is 6.92 Å². The third-order valence-corrected chi connectivity index (χ3v) is 7.44. The van der Waals surface area contributed by atoms with Gasteiger partial charge in [0.2, 0.25) is 0 Å². The minimum atomic E-state index is -0.833. The summed E-state index contributed by atoms with van der Waals surface area (Å²) in [5.74, 6) is -0.833. The molecule has 0 saturated heterocycles. The second-order valence-electron chi connectivity index (χ2n) is 9.90. The fraction of sp³-hybridized carbons (Fsp3) is 0.0278. The van der Waals surface area contributed by atoms with Crippen LogP contribution in [0.5, 0.6) is 0 Å². The number of rotatable bonds is 2. The average Bonchev–Trinajstić information content (AvgIpc) is 3.59. The summed E-state index contributed by atoms with van der Waals surface area (Å²) in [5, 5.41) is 12.2. The Morgan fingerprint density at radius 2 is 1.09 bits per heavy atom. The number of benzene rings is 4. The van der Waals surface area contributed by atoms with Crippen LogP contribution in [-0.2, 0) is 4.79 Å². The van der Waals surface area contributed by atoms with Crippen LogP contribution in [0.25, 0.3) is 55.2 Å². The summed E-state index contributed by atoms with van der Waals surface area (Å²) in [6.07, 6.45) is 3.69. The quantitative estimate of drug-likeness (QED) is 0.140. The smallest absolute Gasteiger partial charge is 0.145 e. The number of nitrogens with zero attached hydrogens (tertiary/aromatic N) is 5. The van der Waals surface area contributed by atoms with Gasteiger partial charge in [-0.2, -0.15) is 0 Å². The molecule has 0 amide bonds. The van der Waals surface area contributed by atoms with Gasteiger partial charge in [0.25, 0.3) is 5.97 Å². The maximum atomic E-state index is 9.00. The van der Waals surface area contributed by atoms with Gasteiger partial charge in [0.15, 0.2) is 0 Å². The first-order valence-corrected chi connectivity index (χ1v) is 15.4. The van der Waals surface area contributed by atoms with E-state index in [9.17, 15) is 0 Å². The molecule has 0 unspecified atom stereocenters. The SMILES string of the molecule is Brc1ccc2c(c1)c1cccnc1n2-c1ccccc1.CC(=O)O.[B]=NS.c1ccc(-n2c3ccccc3c3cccnc32)cc1. The molecule has 8 rings (SSSR count). The zero-order chi connectivity index (χ0) is 32.5. The first kappa shape index (κ1) is 32.3. The summed E-state index contributed by atoms with van der Waals surface area (Å²) >= 11 is 6.75. The minimum Gasteiger partial charge on any atom is -0.294 e. The first-order valence-electron chi connectivity index (χ1n) is 14.2. The molecule has 1 N–H and O–H groups in total. The van der Waals surface area contributed by atoms with Crippen LogP contribution in [0.4, 0.5) is 0 Å². The van der Waals surface area contributed by atoms with Crippen molar-refractivity contribution in [3.05, 3.63) is 144 Å². The van der Waals surface area contributed by atoms with Crippen LogP contribution >= 0.6 is 28.7 Å². The van der Waals surface area contributed by atoms with Gasteiger partial charge in [-0.3, -0.25) is 13.9 Å². The number of hydrogen-bond donors (Lipinski definition) is 2. The van der Waals surface area contributed by atoms with Crippen LogP contribution in [0.2, 0.25) is 0 Å². The van der Waals surface area contributed by atoms with Crippen LogP contribution in [0.1, 0.15) is 6.92 Å². The van der Waals surface area contributed by atoms with Crippen molar-refractivity contribution in [3.8, 4) is 11.4 Å². The van der Waals surface area contributed by atoms with Crippen molar-refractivity contribution in [1.29, 1.82) is 0 Å². The van der Waals surface area contributed by atoms with Gasteiger partial charge in [0.05, 0.1) is 11.0 Å². The fourth-order valence-corrected chi connectivity index (χ4v) is 5.65. The van der Waals surface area contributed by atoms with E-state index in [0.717, 1.165) is 34.1 Å². The van der Waals surface area contributed by atoms with Gasteiger partial charge in [-0.05, 0) is 72.8 Å². The molecule has 4 aromatic carbocycles. The van der Waals surface area contributed by atoms with E-state index in [-0.39, 0.29) is 0 Å². The summed E-state index contributed by atoms with van der Waals surface area (Å²) < 4.78 is 8.20. The summed E-state index contributed by atoms with van der Waals surface area (Å²) in [7, 11) is 4.34. The largest absolute Gasteiger partial charge is 0.294 e. The van der Waals surface area contributed by atoms with Crippen LogP contribution < -0.4 is 0 Å². The molecule has 0 atom stereocenters. The molecule has 0 bridgehead atoms. The van der Waals surface area contributed by atoms with E-state index in [0.29, 0.717) is 0 Å².